The van der Waals surface area contributed by atoms with Crippen LogP contribution >= 0.6 is 0 Å². The van der Waals surface area contributed by atoms with Crippen molar-refractivity contribution < 1.29 is 19.8 Å². The van der Waals surface area contributed by atoms with Crippen LogP contribution in [0.4, 0.5) is 0 Å². The van der Waals surface area contributed by atoms with Crippen molar-refractivity contribution in [2.24, 2.45) is 11.3 Å². The first-order chi connectivity index (χ1) is 9.81. The molecule has 21 heavy (non-hydrogen) atoms. The average molecular weight is 293 g/mol. The Morgan fingerprint density at radius 2 is 1.81 bits per heavy atom. The van der Waals surface area contributed by atoms with Gasteiger partial charge in [0.05, 0.1) is 18.1 Å². The number of hydrogen-bond donors (Lipinski definition) is 3. The Bertz CT molecular complexity index is 486. The van der Waals surface area contributed by atoms with E-state index in [4.69, 9.17) is 0 Å². The van der Waals surface area contributed by atoms with Gasteiger partial charge in [0.25, 0.3) is 0 Å². The predicted octanol–water partition coefficient (Wildman–Crippen LogP) is 1.97. The average Bonchev–Trinajstić information content (AvgIpc) is 2.45. The van der Waals surface area contributed by atoms with Gasteiger partial charge in [0, 0.05) is 6.42 Å². The van der Waals surface area contributed by atoms with E-state index in [-0.39, 0.29) is 24.9 Å². The molecule has 0 saturated carbocycles. The van der Waals surface area contributed by atoms with Crippen molar-refractivity contribution in [1.82, 2.24) is 5.32 Å². The molecule has 0 aliphatic carbocycles. The maximum atomic E-state index is 12.1. The van der Waals surface area contributed by atoms with E-state index >= 15 is 0 Å². The van der Waals surface area contributed by atoms with E-state index in [0.717, 1.165) is 5.56 Å². The topological polar surface area (TPSA) is 86.6 Å². The molecule has 1 aromatic rings. The summed E-state index contributed by atoms with van der Waals surface area (Å²) in [6, 6.07) is 8.57. The molecule has 2 unspecified atom stereocenters. The molecule has 0 saturated heterocycles. The number of carboxylic acids is 1. The number of aliphatic carboxylic acids is 1. The van der Waals surface area contributed by atoms with E-state index in [9.17, 15) is 19.8 Å². The molecule has 5 nitrogen and oxygen atoms in total. The van der Waals surface area contributed by atoms with E-state index in [1.807, 2.05) is 18.2 Å². The van der Waals surface area contributed by atoms with Crippen LogP contribution in [0.5, 0.6) is 0 Å². The third kappa shape index (κ3) is 4.29. The SMILES string of the molecule is CC(C)C(C)(CC(=O)NC(CO)c1ccccc1)C(=O)O. The van der Waals surface area contributed by atoms with Gasteiger partial charge >= 0.3 is 5.97 Å². The predicted molar refractivity (Wildman–Crippen MR) is 79.6 cm³/mol. The zero-order valence-corrected chi connectivity index (χ0v) is 12.7. The second-order valence-electron chi connectivity index (χ2n) is 5.77. The summed E-state index contributed by atoms with van der Waals surface area (Å²) in [5, 5.41) is 21.4. The van der Waals surface area contributed by atoms with Crippen LogP contribution in [0.15, 0.2) is 30.3 Å². The fraction of sp³-hybridized carbons (Fsp3) is 0.500. The number of nitrogens with one attached hydrogen (secondary N) is 1. The van der Waals surface area contributed by atoms with Crippen molar-refractivity contribution in [2.45, 2.75) is 33.2 Å². The van der Waals surface area contributed by atoms with E-state index in [0.29, 0.717) is 0 Å². The molecule has 0 bridgehead atoms. The summed E-state index contributed by atoms with van der Waals surface area (Å²) < 4.78 is 0. The number of aliphatic hydroxyl groups excluding tert-OH is 1. The minimum atomic E-state index is -1.12. The monoisotopic (exact) mass is 293 g/mol. The van der Waals surface area contributed by atoms with Crippen molar-refractivity contribution in [3.05, 3.63) is 35.9 Å². The summed E-state index contributed by atoms with van der Waals surface area (Å²) in [7, 11) is 0. The minimum Gasteiger partial charge on any atom is -0.481 e. The standard InChI is InChI=1S/C16H23NO4/c1-11(2)16(3,15(20)21)9-14(19)17-13(10-18)12-7-5-4-6-8-12/h4-8,11,13,18H,9-10H2,1-3H3,(H,17,19)(H,20,21). The highest BCUT2D eigenvalue weighted by Crippen LogP contribution is 2.31. The van der Waals surface area contributed by atoms with Gasteiger partial charge in [0.15, 0.2) is 0 Å². The zero-order valence-electron chi connectivity index (χ0n) is 12.7. The Morgan fingerprint density at radius 1 is 1.24 bits per heavy atom. The quantitative estimate of drug-likeness (QED) is 0.717. The number of carbonyl (C=O) groups excluding carboxylic acids is 1. The lowest BCUT2D eigenvalue weighted by atomic mass is 9.76. The Balaban J connectivity index is 2.78. The van der Waals surface area contributed by atoms with Crippen molar-refractivity contribution in [2.75, 3.05) is 6.61 Å². The van der Waals surface area contributed by atoms with Crippen LogP contribution in [0.3, 0.4) is 0 Å². The fourth-order valence-electron chi connectivity index (χ4n) is 2.03. The molecule has 0 heterocycles. The van der Waals surface area contributed by atoms with E-state index in [1.165, 1.54) is 0 Å². The van der Waals surface area contributed by atoms with Crippen LogP contribution in [0.2, 0.25) is 0 Å². The van der Waals surface area contributed by atoms with Crippen LogP contribution in [0.1, 0.15) is 38.8 Å². The molecule has 0 fully saturated rings. The van der Waals surface area contributed by atoms with Crippen LogP contribution in [-0.4, -0.2) is 28.7 Å². The van der Waals surface area contributed by atoms with Gasteiger partial charge in [-0.1, -0.05) is 44.2 Å². The van der Waals surface area contributed by atoms with E-state index < -0.39 is 17.4 Å². The van der Waals surface area contributed by atoms with Crippen molar-refractivity contribution in [3.63, 3.8) is 0 Å². The van der Waals surface area contributed by atoms with Crippen LogP contribution in [0.25, 0.3) is 0 Å². The number of amides is 1. The van der Waals surface area contributed by atoms with E-state index in [2.05, 4.69) is 5.32 Å². The molecule has 0 radical (unpaired) electrons. The Labute approximate surface area is 125 Å². The Morgan fingerprint density at radius 3 is 2.24 bits per heavy atom. The molecule has 0 aliphatic rings. The Hall–Kier alpha value is -1.88. The van der Waals surface area contributed by atoms with Gasteiger partial charge in [-0.05, 0) is 18.4 Å². The highest BCUT2D eigenvalue weighted by molar-refractivity contribution is 5.85. The largest absolute Gasteiger partial charge is 0.481 e. The number of hydrogen-bond acceptors (Lipinski definition) is 3. The number of carboxylic acid groups (broad SMARTS) is 1. The van der Waals surface area contributed by atoms with Gasteiger partial charge in [-0.3, -0.25) is 9.59 Å². The second-order valence-corrected chi connectivity index (χ2v) is 5.77. The second kappa shape index (κ2) is 7.22. The molecule has 0 aliphatic heterocycles. The first kappa shape index (κ1) is 17.2. The number of rotatable bonds is 7. The molecular formula is C16H23NO4. The normalized spacial score (nSPS) is 15.3. The molecule has 5 heteroatoms. The molecule has 1 rings (SSSR count). The van der Waals surface area contributed by atoms with Gasteiger partial charge in [-0.2, -0.15) is 0 Å². The summed E-state index contributed by atoms with van der Waals surface area (Å²) in [6.07, 6.45) is -0.122. The maximum absolute atomic E-state index is 12.1. The van der Waals surface area contributed by atoms with Gasteiger partial charge in [-0.15, -0.1) is 0 Å². The molecule has 116 valence electrons. The zero-order chi connectivity index (χ0) is 16.0. The smallest absolute Gasteiger partial charge is 0.310 e. The third-order valence-corrected chi connectivity index (χ3v) is 4.01. The van der Waals surface area contributed by atoms with Crippen LogP contribution in [0, 0.1) is 11.3 Å². The lowest BCUT2D eigenvalue weighted by molar-refractivity contribution is -0.153. The summed E-state index contributed by atoms with van der Waals surface area (Å²) in [6.45, 7) is 4.89. The number of carbonyl (C=O) groups is 2. The van der Waals surface area contributed by atoms with Crippen LogP contribution in [-0.2, 0) is 9.59 Å². The number of aliphatic hydroxyl groups is 1. The van der Waals surface area contributed by atoms with E-state index in [1.54, 1.807) is 32.9 Å². The molecule has 1 aromatic carbocycles. The van der Waals surface area contributed by atoms with Gasteiger partial charge in [0.1, 0.15) is 0 Å². The van der Waals surface area contributed by atoms with Gasteiger partial charge in [-0.25, -0.2) is 0 Å². The minimum absolute atomic E-state index is 0.122. The highest BCUT2D eigenvalue weighted by Gasteiger charge is 2.39. The highest BCUT2D eigenvalue weighted by atomic mass is 16.4. The molecule has 2 atom stereocenters. The maximum Gasteiger partial charge on any atom is 0.310 e. The summed E-state index contributed by atoms with van der Waals surface area (Å²) in [5.41, 5.74) is -0.337. The third-order valence-electron chi connectivity index (χ3n) is 4.01. The summed E-state index contributed by atoms with van der Waals surface area (Å²) >= 11 is 0. The summed E-state index contributed by atoms with van der Waals surface area (Å²) in [4.78, 5) is 23.5. The Kier molecular flexibility index (Phi) is 5.90. The van der Waals surface area contributed by atoms with Crippen LogP contribution < -0.4 is 5.32 Å². The van der Waals surface area contributed by atoms with Crippen molar-refractivity contribution >= 4 is 11.9 Å². The molecule has 0 spiro atoms. The lowest BCUT2D eigenvalue weighted by Gasteiger charge is -2.29. The first-order valence-corrected chi connectivity index (χ1v) is 6.99. The lowest BCUT2D eigenvalue weighted by Crippen LogP contribution is -2.40. The molecule has 0 aromatic heterocycles. The van der Waals surface area contributed by atoms with Gasteiger partial charge < -0.3 is 15.5 Å². The van der Waals surface area contributed by atoms with Gasteiger partial charge in [0.2, 0.25) is 5.91 Å². The molecular weight excluding hydrogens is 270 g/mol. The molecule has 3 N–H and O–H groups in total. The van der Waals surface area contributed by atoms with Crippen molar-refractivity contribution in [1.29, 1.82) is 0 Å². The first-order valence-electron chi connectivity index (χ1n) is 6.99. The molecule has 1 amide bonds. The summed E-state index contributed by atoms with van der Waals surface area (Å²) in [5.74, 6) is -1.55. The fourth-order valence-corrected chi connectivity index (χ4v) is 2.03. The van der Waals surface area contributed by atoms with Crippen molar-refractivity contribution in [3.8, 4) is 0 Å². The number of benzene rings is 1.